The molecule has 9 heteroatoms. The van der Waals surface area contributed by atoms with Crippen molar-refractivity contribution in [3.05, 3.63) is 84.4 Å². The number of anilines is 2. The molecule has 0 aromatic heterocycles. The lowest BCUT2D eigenvalue weighted by molar-refractivity contribution is -0.114. The molecule has 2 N–H and O–H groups in total. The van der Waals surface area contributed by atoms with Gasteiger partial charge in [0.1, 0.15) is 12.3 Å². The Bertz CT molecular complexity index is 1280. The monoisotopic (exact) mass is 509 g/mol. The van der Waals surface area contributed by atoms with Gasteiger partial charge in [-0.2, -0.15) is 0 Å². The number of nitrogens with one attached hydrogen (secondary N) is 2. The average Bonchev–Trinajstić information content (AvgIpc) is 2.87. The van der Waals surface area contributed by atoms with Gasteiger partial charge in [0.25, 0.3) is 15.9 Å². The van der Waals surface area contributed by atoms with Gasteiger partial charge in [0.05, 0.1) is 28.4 Å². The fourth-order valence-corrected chi connectivity index (χ4v) is 4.83. The number of ether oxygens (including phenoxy) is 1. The van der Waals surface area contributed by atoms with Crippen molar-refractivity contribution in [3.8, 4) is 5.75 Å². The molecule has 3 aromatic rings. The van der Waals surface area contributed by atoms with Crippen molar-refractivity contribution in [2.45, 2.75) is 25.7 Å². The molecule has 0 unspecified atom stereocenters. The molecule has 0 aliphatic carbocycles. The zero-order chi connectivity index (χ0) is 26.1. The van der Waals surface area contributed by atoms with E-state index in [1.54, 1.807) is 66.7 Å². The summed E-state index contributed by atoms with van der Waals surface area (Å²) in [7, 11) is -4.08. The summed E-state index contributed by atoms with van der Waals surface area (Å²) in [5.41, 5.74) is 0.937. The molecule has 2 amide bonds. The fraction of sp³-hybridized carbons (Fsp3) is 0.259. The van der Waals surface area contributed by atoms with E-state index in [4.69, 9.17) is 4.74 Å². The molecule has 0 aliphatic heterocycles. The van der Waals surface area contributed by atoms with E-state index in [0.717, 1.165) is 4.31 Å². The zero-order valence-corrected chi connectivity index (χ0v) is 21.4. The Kier molecular flexibility index (Phi) is 9.08. The maximum absolute atomic E-state index is 13.6. The predicted octanol–water partition coefficient (Wildman–Crippen LogP) is 4.31. The topological polar surface area (TPSA) is 105 Å². The first-order chi connectivity index (χ1) is 17.2. The van der Waals surface area contributed by atoms with Gasteiger partial charge in [-0.3, -0.25) is 13.9 Å². The van der Waals surface area contributed by atoms with E-state index in [1.807, 2.05) is 20.8 Å². The maximum Gasteiger partial charge on any atom is 0.264 e. The molecular formula is C27H31N3O5S. The van der Waals surface area contributed by atoms with Crippen LogP contribution < -0.4 is 19.7 Å². The van der Waals surface area contributed by atoms with Crippen molar-refractivity contribution < 1.29 is 22.7 Å². The highest BCUT2D eigenvalue weighted by atomic mass is 32.2. The Morgan fingerprint density at radius 2 is 1.56 bits per heavy atom. The van der Waals surface area contributed by atoms with Gasteiger partial charge in [-0.15, -0.1) is 0 Å². The van der Waals surface area contributed by atoms with Gasteiger partial charge < -0.3 is 15.4 Å². The first kappa shape index (κ1) is 26.7. The molecule has 0 fully saturated rings. The average molecular weight is 510 g/mol. The molecule has 0 aliphatic rings. The summed E-state index contributed by atoms with van der Waals surface area (Å²) >= 11 is 0. The number of carbonyl (C=O) groups is 2. The van der Waals surface area contributed by atoms with E-state index in [-0.39, 0.29) is 16.7 Å². The molecule has 0 spiro atoms. The number of para-hydroxylation sites is 2. The Hall–Kier alpha value is -3.85. The minimum absolute atomic E-state index is 0.0241. The van der Waals surface area contributed by atoms with Crippen LogP contribution in [0.5, 0.6) is 5.75 Å². The summed E-state index contributed by atoms with van der Waals surface area (Å²) < 4.78 is 33.6. The van der Waals surface area contributed by atoms with E-state index in [0.29, 0.717) is 35.8 Å². The maximum atomic E-state index is 13.6. The summed E-state index contributed by atoms with van der Waals surface area (Å²) in [4.78, 5) is 25.7. The van der Waals surface area contributed by atoms with Crippen LogP contribution in [-0.2, 0) is 14.8 Å². The van der Waals surface area contributed by atoms with E-state index < -0.39 is 22.5 Å². The third kappa shape index (κ3) is 6.85. The predicted molar refractivity (Wildman–Crippen MR) is 141 cm³/mol. The SMILES string of the molecule is CCOc1ccc(S(=O)(=O)N(CC(=O)Nc2ccccc2C(=O)NCC(C)C)c2ccccc2)cc1. The summed E-state index contributed by atoms with van der Waals surface area (Å²) in [6, 6.07) is 21.0. The number of rotatable bonds is 11. The minimum Gasteiger partial charge on any atom is -0.494 e. The lowest BCUT2D eigenvalue weighted by Gasteiger charge is -2.24. The van der Waals surface area contributed by atoms with Crippen LogP contribution in [0.1, 0.15) is 31.1 Å². The van der Waals surface area contributed by atoms with Crippen LogP contribution >= 0.6 is 0 Å². The van der Waals surface area contributed by atoms with Crippen LogP contribution in [0.15, 0.2) is 83.8 Å². The summed E-state index contributed by atoms with van der Waals surface area (Å²) in [6.07, 6.45) is 0. The fourth-order valence-electron chi connectivity index (χ4n) is 3.41. The van der Waals surface area contributed by atoms with Crippen molar-refractivity contribution in [3.63, 3.8) is 0 Å². The van der Waals surface area contributed by atoms with Crippen molar-refractivity contribution in [2.24, 2.45) is 5.92 Å². The van der Waals surface area contributed by atoms with E-state index in [2.05, 4.69) is 10.6 Å². The van der Waals surface area contributed by atoms with Crippen LogP contribution in [0.4, 0.5) is 11.4 Å². The minimum atomic E-state index is -4.08. The summed E-state index contributed by atoms with van der Waals surface area (Å²) in [6.45, 7) is 6.27. The van der Waals surface area contributed by atoms with Gasteiger partial charge in [-0.1, -0.05) is 44.2 Å². The molecule has 0 bridgehead atoms. The van der Waals surface area contributed by atoms with E-state index in [9.17, 15) is 18.0 Å². The second kappa shape index (κ2) is 12.2. The Morgan fingerprint density at radius 3 is 2.19 bits per heavy atom. The number of hydrogen-bond acceptors (Lipinski definition) is 5. The number of sulfonamides is 1. The molecule has 0 atom stereocenters. The Morgan fingerprint density at radius 1 is 0.917 bits per heavy atom. The first-order valence-electron chi connectivity index (χ1n) is 11.7. The van der Waals surface area contributed by atoms with Crippen molar-refractivity contribution in [1.29, 1.82) is 0 Å². The standard InChI is InChI=1S/C27H31N3O5S/c1-4-35-22-14-16-23(17-15-22)36(33,34)30(21-10-6-5-7-11-21)19-26(31)29-25-13-9-8-12-24(25)27(32)28-18-20(2)3/h5-17,20H,4,18-19H2,1-3H3,(H,28,32)(H,29,31). The van der Waals surface area contributed by atoms with Gasteiger partial charge in [-0.25, -0.2) is 8.42 Å². The van der Waals surface area contributed by atoms with Crippen LogP contribution in [-0.4, -0.2) is 39.9 Å². The zero-order valence-electron chi connectivity index (χ0n) is 20.6. The van der Waals surface area contributed by atoms with Crippen LogP contribution in [0.3, 0.4) is 0 Å². The molecular weight excluding hydrogens is 478 g/mol. The largest absolute Gasteiger partial charge is 0.494 e. The number of carbonyl (C=O) groups excluding carboxylic acids is 2. The lowest BCUT2D eigenvalue weighted by atomic mass is 10.1. The van der Waals surface area contributed by atoms with E-state index in [1.165, 1.54) is 12.1 Å². The molecule has 3 rings (SSSR count). The summed E-state index contributed by atoms with van der Waals surface area (Å²) in [5, 5.41) is 5.53. The van der Waals surface area contributed by atoms with E-state index >= 15 is 0 Å². The number of nitrogens with zero attached hydrogens (tertiary/aromatic N) is 1. The first-order valence-corrected chi connectivity index (χ1v) is 13.1. The highest BCUT2D eigenvalue weighted by molar-refractivity contribution is 7.92. The molecule has 0 radical (unpaired) electrons. The number of benzene rings is 3. The third-order valence-electron chi connectivity index (χ3n) is 5.17. The molecule has 3 aromatic carbocycles. The summed E-state index contributed by atoms with van der Waals surface area (Å²) in [5.74, 6) is -0.0882. The normalized spacial score (nSPS) is 11.1. The second-order valence-corrected chi connectivity index (χ2v) is 10.3. The number of hydrogen-bond donors (Lipinski definition) is 2. The Labute approximate surface area is 212 Å². The molecule has 8 nitrogen and oxygen atoms in total. The van der Waals surface area contributed by atoms with Gasteiger partial charge in [0.2, 0.25) is 5.91 Å². The van der Waals surface area contributed by atoms with Crippen molar-refractivity contribution in [1.82, 2.24) is 5.32 Å². The molecule has 0 saturated carbocycles. The van der Waals surface area contributed by atoms with Crippen LogP contribution in [0, 0.1) is 5.92 Å². The van der Waals surface area contributed by atoms with Crippen LogP contribution in [0.2, 0.25) is 0 Å². The van der Waals surface area contributed by atoms with Crippen molar-refractivity contribution >= 4 is 33.2 Å². The number of amides is 2. The highest BCUT2D eigenvalue weighted by Crippen LogP contribution is 2.25. The second-order valence-electron chi connectivity index (χ2n) is 8.45. The highest BCUT2D eigenvalue weighted by Gasteiger charge is 2.27. The lowest BCUT2D eigenvalue weighted by Crippen LogP contribution is -2.38. The smallest absolute Gasteiger partial charge is 0.264 e. The van der Waals surface area contributed by atoms with Gasteiger partial charge in [0.15, 0.2) is 0 Å². The third-order valence-corrected chi connectivity index (χ3v) is 6.96. The van der Waals surface area contributed by atoms with Crippen LogP contribution in [0.25, 0.3) is 0 Å². The van der Waals surface area contributed by atoms with Gasteiger partial charge in [0, 0.05) is 6.54 Å². The Balaban J connectivity index is 1.86. The van der Waals surface area contributed by atoms with Crippen molar-refractivity contribution in [2.75, 3.05) is 29.3 Å². The molecule has 0 saturated heterocycles. The van der Waals surface area contributed by atoms with Gasteiger partial charge >= 0.3 is 0 Å². The molecule has 0 heterocycles. The molecule has 190 valence electrons. The molecule has 36 heavy (non-hydrogen) atoms. The van der Waals surface area contributed by atoms with Gasteiger partial charge in [-0.05, 0) is 61.4 Å². The quantitative estimate of drug-likeness (QED) is 0.401.